The summed E-state index contributed by atoms with van der Waals surface area (Å²) in [5, 5.41) is 0. The monoisotopic (exact) mass is 492 g/mol. The van der Waals surface area contributed by atoms with Gasteiger partial charge in [0.15, 0.2) is 11.5 Å². The molecule has 0 N–H and O–H groups in total. The van der Waals surface area contributed by atoms with Crippen LogP contribution in [-0.2, 0) is 16.4 Å². The van der Waals surface area contributed by atoms with Crippen LogP contribution in [0.25, 0.3) is 0 Å². The average Bonchev–Trinajstić information content (AvgIpc) is 3.52. The maximum absolute atomic E-state index is 12.4. The molecule has 5 rings (SSSR count). The lowest BCUT2D eigenvalue weighted by Gasteiger charge is -2.23. The van der Waals surface area contributed by atoms with Crippen LogP contribution in [0.5, 0.6) is 11.5 Å². The third-order valence-electron chi connectivity index (χ3n) is 7.06. The van der Waals surface area contributed by atoms with Gasteiger partial charge in [-0.2, -0.15) is 0 Å². The maximum Gasteiger partial charge on any atom is 0.235 e. The van der Waals surface area contributed by atoms with E-state index >= 15 is 0 Å². The average molecular weight is 493 g/mol. The number of rotatable bonds is 8. The van der Waals surface area contributed by atoms with E-state index in [0.717, 1.165) is 47.6 Å². The van der Waals surface area contributed by atoms with Crippen molar-refractivity contribution in [2.24, 2.45) is 0 Å². The first-order valence-corrected chi connectivity index (χ1v) is 14.0. The molecule has 0 spiro atoms. The lowest BCUT2D eigenvalue weighted by atomic mass is 9.86. The second-order valence-electron chi connectivity index (χ2n) is 9.38. The van der Waals surface area contributed by atoms with Crippen molar-refractivity contribution in [3.05, 3.63) is 83.7 Å². The molecule has 2 aliphatic rings. The van der Waals surface area contributed by atoms with E-state index in [1.807, 2.05) is 42.7 Å². The summed E-state index contributed by atoms with van der Waals surface area (Å²) in [5.74, 6) is 1.82. The summed E-state index contributed by atoms with van der Waals surface area (Å²) in [6, 6.07) is 18.2. The van der Waals surface area contributed by atoms with E-state index in [1.54, 1.807) is 7.11 Å². The first kappa shape index (κ1) is 23.7. The molecule has 0 radical (unpaired) electrons. The molecule has 6 nitrogen and oxygen atoms in total. The Hall–Kier alpha value is -3.06. The van der Waals surface area contributed by atoms with Gasteiger partial charge in [-0.15, -0.1) is 0 Å². The van der Waals surface area contributed by atoms with E-state index in [4.69, 9.17) is 9.47 Å². The number of aromatic nitrogens is 1. The summed E-state index contributed by atoms with van der Waals surface area (Å²) in [6.45, 7) is 0.544. The van der Waals surface area contributed by atoms with E-state index in [0.29, 0.717) is 13.0 Å². The molecule has 1 atom stereocenters. The summed E-state index contributed by atoms with van der Waals surface area (Å²) in [5.41, 5.74) is 4.18. The van der Waals surface area contributed by atoms with Gasteiger partial charge in [-0.3, -0.25) is 9.29 Å². The molecule has 1 saturated carbocycles. The van der Waals surface area contributed by atoms with E-state index in [-0.39, 0.29) is 17.8 Å². The van der Waals surface area contributed by atoms with Gasteiger partial charge in [0, 0.05) is 24.9 Å². The summed E-state index contributed by atoms with van der Waals surface area (Å²) < 4.78 is 38.3. The molecule has 3 aromatic rings. The zero-order chi connectivity index (χ0) is 24.3. The van der Waals surface area contributed by atoms with Crippen molar-refractivity contribution in [2.75, 3.05) is 23.7 Å². The minimum atomic E-state index is -3.20. The normalized spacial score (nSPS) is 18.5. The highest BCUT2D eigenvalue weighted by atomic mass is 32.2. The summed E-state index contributed by atoms with van der Waals surface area (Å²) >= 11 is 0. The number of anilines is 1. The van der Waals surface area contributed by atoms with Crippen molar-refractivity contribution in [1.29, 1.82) is 0 Å². The van der Waals surface area contributed by atoms with Gasteiger partial charge < -0.3 is 9.47 Å². The van der Waals surface area contributed by atoms with Crippen LogP contribution in [0.3, 0.4) is 0 Å². The number of benzene rings is 2. The Bertz CT molecular complexity index is 1240. The molecule has 184 valence electrons. The predicted molar refractivity (Wildman–Crippen MR) is 138 cm³/mol. The van der Waals surface area contributed by atoms with Gasteiger partial charge in [0.05, 0.1) is 24.7 Å². The lowest BCUT2D eigenvalue weighted by Crippen LogP contribution is -2.25. The molecule has 0 amide bonds. The molecule has 1 aliphatic heterocycles. The first-order valence-electron chi connectivity index (χ1n) is 12.4. The van der Waals surface area contributed by atoms with Crippen LogP contribution < -0.4 is 13.8 Å². The van der Waals surface area contributed by atoms with Crippen LogP contribution in [0.4, 0.5) is 5.69 Å². The van der Waals surface area contributed by atoms with Crippen LogP contribution in [0.15, 0.2) is 67.0 Å². The van der Waals surface area contributed by atoms with E-state index in [9.17, 15) is 8.42 Å². The molecule has 7 heteroatoms. The zero-order valence-corrected chi connectivity index (χ0v) is 20.9. The lowest BCUT2D eigenvalue weighted by molar-refractivity contribution is 0.200. The van der Waals surface area contributed by atoms with E-state index in [2.05, 4.69) is 29.2 Å². The third-order valence-corrected chi connectivity index (χ3v) is 8.93. The molecule has 1 aromatic heterocycles. The van der Waals surface area contributed by atoms with Crippen LogP contribution in [-0.4, -0.2) is 38.9 Å². The van der Waals surface area contributed by atoms with Crippen LogP contribution in [0, 0.1) is 0 Å². The molecule has 2 heterocycles. The van der Waals surface area contributed by atoms with Gasteiger partial charge in [-0.05, 0) is 91.6 Å². The molecule has 0 unspecified atom stereocenters. The van der Waals surface area contributed by atoms with E-state index < -0.39 is 10.0 Å². The number of ether oxygens (including phenoxy) is 2. The highest BCUT2D eigenvalue weighted by Gasteiger charge is 2.28. The summed E-state index contributed by atoms with van der Waals surface area (Å²) in [7, 11) is -1.53. The quantitative estimate of drug-likeness (QED) is 0.425. The highest BCUT2D eigenvalue weighted by molar-refractivity contribution is 7.93. The Morgan fingerprint density at radius 2 is 1.66 bits per heavy atom. The molecular formula is C28H32N2O4S. The fourth-order valence-corrected chi connectivity index (χ4v) is 6.74. The van der Waals surface area contributed by atoms with Crippen LogP contribution in [0.2, 0.25) is 0 Å². The second-order valence-corrected chi connectivity index (χ2v) is 11.4. The fourth-order valence-electron chi connectivity index (χ4n) is 5.17. The van der Waals surface area contributed by atoms with Gasteiger partial charge in [0.2, 0.25) is 10.0 Å². The topological polar surface area (TPSA) is 68.7 Å². The number of nitrogens with zero attached hydrogens (tertiary/aromatic N) is 2. The smallest absolute Gasteiger partial charge is 0.235 e. The molecular weight excluding hydrogens is 460 g/mol. The number of methoxy groups -OCH3 is 1. The SMILES string of the molecule is COc1ccc([C@H](Cc2ccncc2)c2ccc(N3CCCS3(=O)=O)cc2)cc1OC1CCCC1. The van der Waals surface area contributed by atoms with Crippen molar-refractivity contribution < 1.29 is 17.9 Å². The minimum Gasteiger partial charge on any atom is -0.493 e. The van der Waals surface area contributed by atoms with Crippen molar-refractivity contribution in [3.8, 4) is 11.5 Å². The van der Waals surface area contributed by atoms with Crippen molar-refractivity contribution in [3.63, 3.8) is 0 Å². The molecule has 1 saturated heterocycles. The van der Waals surface area contributed by atoms with Crippen molar-refractivity contribution >= 4 is 15.7 Å². The number of pyridine rings is 1. The Kier molecular flexibility index (Phi) is 6.95. The number of sulfonamides is 1. The van der Waals surface area contributed by atoms with Gasteiger partial charge >= 0.3 is 0 Å². The second kappa shape index (κ2) is 10.3. The highest BCUT2D eigenvalue weighted by Crippen LogP contribution is 2.38. The Morgan fingerprint density at radius 3 is 2.31 bits per heavy atom. The molecule has 35 heavy (non-hydrogen) atoms. The van der Waals surface area contributed by atoms with Crippen LogP contribution in [0.1, 0.15) is 54.7 Å². The fraction of sp³-hybridized carbons (Fsp3) is 0.393. The Morgan fingerprint density at radius 1 is 0.943 bits per heavy atom. The van der Waals surface area contributed by atoms with E-state index in [1.165, 1.54) is 22.7 Å². The van der Waals surface area contributed by atoms with Crippen molar-refractivity contribution in [1.82, 2.24) is 4.98 Å². The zero-order valence-electron chi connectivity index (χ0n) is 20.1. The van der Waals surface area contributed by atoms with Gasteiger partial charge in [0.25, 0.3) is 0 Å². The Balaban J connectivity index is 1.49. The Labute approximate surface area is 208 Å². The largest absolute Gasteiger partial charge is 0.493 e. The standard InChI is InChI=1S/C28H32N2O4S/c1-33-27-12-9-23(20-28(27)34-25-5-2-3-6-25)26(19-21-13-15-29-16-14-21)22-7-10-24(11-8-22)30-17-4-18-35(30,31)32/h7-16,20,25-26H,2-6,17-19H2,1H3/t26-/m1/s1. The number of hydrogen-bond acceptors (Lipinski definition) is 5. The number of hydrogen-bond donors (Lipinski definition) is 0. The van der Waals surface area contributed by atoms with Gasteiger partial charge in [0.1, 0.15) is 0 Å². The molecule has 2 aromatic carbocycles. The molecule has 0 bridgehead atoms. The van der Waals surface area contributed by atoms with Crippen molar-refractivity contribution in [2.45, 2.75) is 50.5 Å². The summed E-state index contributed by atoms with van der Waals surface area (Å²) in [4.78, 5) is 4.16. The van der Waals surface area contributed by atoms with Gasteiger partial charge in [-0.1, -0.05) is 18.2 Å². The van der Waals surface area contributed by atoms with Crippen LogP contribution >= 0.6 is 0 Å². The third kappa shape index (κ3) is 5.30. The molecule has 2 fully saturated rings. The predicted octanol–water partition coefficient (Wildman–Crippen LogP) is 5.33. The van der Waals surface area contributed by atoms with Gasteiger partial charge in [-0.25, -0.2) is 8.42 Å². The minimum absolute atomic E-state index is 0.0680. The molecule has 1 aliphatic carbocycles. The maximum atomic E-state index is 12.4. The first-order chi connectivity index (χ1) is 17.0. The summed E-state index contributed by atoms with van der Waals surface area (Å²) in [6.07, 6.45) is 9.89.